The van der Waals surface area contributed by atoms with E-state index < -0.39 is 0 Å². The van der Waals surface area contributed by atoms with Crippen molar-refractivity contribution in [3.05, 3.63) is 228 Å². The van der Waals surface area contributed by atoms with Crippen LogP contribution in [0.25, 0.3) is 22.3 Å². The summed E-state index contributed by atoms with van der Waals surface area (Å²) in [6.45, 7) is 9.73. The summed E-state index contributed by atoms with van der Waals surface area (Å²) in [7, 11) is 0. The number of hydrogen-bond acceptors (Lipinski definition) is 2. The van der Waals surface area contributed by atoms with Crippen molar-refractivity contribution in [2.45, 2.75) is 102 Å². The lowest BCUT2D eigenvalue weighted by Gasteiger charge is -2.48. The van der Waals surface area contributed by atoms with Gasteiger partial charge < -0.3 is 9.80 Å². The van der Waals surface area contributed by atoms with Crippen LogP contribution in [0.3, 0.4) is 0 Å². The quantitative estimate of drug-likeness (QED) is 0.128. The van der Waals surface area contributed by atoms with Crippen LogP contribution in [0, 0.1) is 11.8 Å². The predicted octanol–water partition coefficient (Wildman–Crippen LogP) is 18.8. The second-order valence-electron chi connectivity index (χ2n) is 20.9. The van der Waals surface area contributed by atoms with E-state index in [4.69, 9.17) is 0 Å². The average molecular weight is 887 g/mol. The molecule has 0 heterocycles. The minimum Gasteiger partial charge on any atom is -0.311 e. The summed E-state index contributed by atoms with van der Waals surface area (Å²) in [5.41, 5.74) is 19.3. The highest BCUT2D eigenvalue weighted by atomic mass is 15.1. The Morgan fingerprint density at radius 1 is 0.426 bits per heavy atom. The molecule has 0 spiro atoms. The predicted molar refractivity (Wildman–Crippen MR) is 289 cm³/mol. The van der Waals surface area contributed by atoms with E-state index in [0.717, 1.165) is 17.8 Å². The van der Waals surface area contributed by atoms with Crippen LogP contribution in [-0.2, 0) is 10.8 Å². The summed E-state index contributed by atoms with van der Waals surface area (Å²) < 4.78 is 0. The molecule has 2 fully saturated rings. The summed E-state index contributed by atoms with van der Waals surface area (Å²) in [6, 6.07) is 75.8. The van der Waals surface area contributed by atoms with Crippen molar-refractivity contribution in [1.82, 2.24) is 0 Å². The smallest absolute Gasteiger partial charge is 0.0465 e. The molecule has 2 atom stereocenters. The molecule has 2 nitrogen and oxygen atoms in total. The number of para-hydroxylation sites is 2. The second-order valence-corrected chi connectivity index (χ2v) is 20.9. The van der Waals surface area contributed by atoms with Gasteiger partial charge in [0.1, 0.15) is 0 Å². The van der Waals surface area contributed by atoms with E-state index in [0.29, 0.717) is 17.8 Å². The maximum atomic E-state index is 2.52. The monoisotopic (exact) mass is 887 g/mol. The highest BCUT2D eigenvalue weighted by Crippen LogP contribution is 2.55. The number of benzene rings is 8. The lowest BCUT2D eigenvalue weighted by atomic mass is 9.56. The first-order valence-electron chi connectivity index (χ1n) is 25.7. The first kappa shape index (κ1) is 43.9. The molecular weight excluding hydrogens is 821 g/mol. The van der Waals surface area contributed by atoms with Crippen molar-refractivity contribution in [3.8, 4) is 22.3 Å². The van der Waals surface area contributed by atoms with Gasteiger partial charge in [-0.1, -0.05) is 187 Å². The fourth-order valence-electron chi connectivity index (χ4n) is 13.0. The van der Waals surface area contributed by atoms with Crippen LogP contribution in [-0.4, -0.2) is 0 Å². The Labute approximate surface area is 406 Å². The zero-order chi connectivity index (χ0) is 46.2. The highest BCUT2D eigenvalue weighted by molar-refractivity contribution is 5.94. The summed E-state index contributed by atoms with van der Waals surface area (Å²) in [4.78, 5) is 4.90. The molecule has 0 bridgehead atoms. The van der Waals surface area contributed by atoms with Gasteiger partial charge in [-0.25, -0.2) is 0 Å². The molecule has 2 unspecified atom stereocenters. The molecule has 68 heavy (non-hydrogen) atoms. The van der Waals surface area contributed by atoms with Gasteiger partial charge in [-0.2, -0.15) is 0 Å². The molecule has 0 aromatic heterocycles. The van der Waals surface area contributed by atoms with Crippen LogP contribution in [0.1, 0.15) is 119 Å². The van der Waals surface area contributed by atoms with Crippen molar-refractivity contribution < 1.29 is 0 Å². The van der Waals surface area contributed by atoms with Gasteiger partial charge in [0.05, 0.1) is 0 Å². The Bertz CT molecular complexity index is 2920. The van der Waals surface area contributed by atoms with Crippen LogP contribution < -0.4 is 9.80 Å². The third-order valence-corrected chi connectivity index (χ3v) is 16.3. The number of hydrogen-bond donors (Lipinski definition) is 0. The second kappa shape index (κ2) is 18.5. The van der Waals surface area contributed by atoms with Gasteiger partial charge in [0, 0.05) is 45.0 Å². The van der Waals surface area contributed by atoms with Crippen LogP contribution in [0.5, 0.6) is 0 Å². The Kier molecular flexibility index (Phi) is 11.9. The summed E-state index contributed by atoms with van der Waals surface area (Å²) >= 11 is 0. The summed E-state index contributed by atoms with van der Waals surface area (Å²) in [5, 5.41) is 0. The van der Waals surface area contributed by atoms with E-state index in [1.54, 1.807) is 0 Å². The van der Waals surface area contributed by atoms with E-state index in [-0.39, 0.29) is 10.8 Å². The van der Waals surface area contributed by atoms with Gasteiger partial charge in [-0.15, -0.1) is 0 Å². The molecule has 8 aromatic rings. The van der Waals surface area contributed by atoms with Crippen molar-refractivity contribution in [3.63, 3.8) is 0 Å². The molecule has 340 valence electrons. The fourth-order valence-corrected chi connectivity index (χ4v) is 13.0. The molecule has 0 radical (unpaired) electrons. The first-order valence-corrected chi connectivity index (χ1v) is 25.7. The van der Waals surface area contributed by atoms with Crippen LogP contribution in [0.15, 0.2) is 200 Å². The Hall–Kier alpha value is -6.64. The van der Waals surface area contributed by atoms with Crippen molar-refractivity contribution in [1.29, 1.82) is 0 Å². The molecule has 8 aromatic carbocycles. The Morgan fingerprint density at radius 3 is 1.50 bits per heavy atom. The maximum Gasteiger partial charge on any atom is 0.0465 e. The highest BCUT2D eigenvalue weighted by Gasteiger charge is 2.45. The standard InChI is InChI=1S/C66H66N2/c1-47(2)61-29-17-18-45-66(61,51-33-39-56(40-34-51)67(53-24-13-7-14-25-53)54-26-15-8-16-27-54)52-35-41-57(42-36-52)68(55-37-31-49(32-38-55)48-20-9-5-10-21-48)58-43-44-60-63(46-58)65(3,4)62-30-19-28-59(64(60)62)50-22-11-6-12-23-50/h6-8,11-16,19,22-28,30-44,46-48,61H,5,9-10,17-18,20-21,29,45H2,1-4H3. The van der Waals surface area contributed by atoms with Crippen LogP contribution >= 0.6 is 0 Å². The van der Waals surface area contributed by atoms with E-state index >= 15 is 0 Å². The normalized spacial score (nSPS) is 18.8. The molecule has 0 N–H and O–H groups in total. The van der Waals surface area contributed by atoms with Gasteiger partial charge in [-0.05, 0) is 166 Å². The molecule has 2 saturated carbocycles. The van der Waals surface area contributed by atoms with Gasteiger partial charge in [0.2, 0.25) is 0 Å². The molecule has 2 heteroatoms. The van der Waals surface area contributed by atoms with Crippen LogP contribution in [0.2, 0.25) is 0 Å². The Morgan fingerprint density at radius 2 is 0.926 bits per heavy atom. The average Bonchev–Trinajstić information content (AvgIpc) is 3.63. The third-order valence-electron chi connectivity index (χ3n) is 16.3. The third kappa shape index (κ3) is 7.86. The van der Waals surface area contributed by atoms with E-state index in [9.17, 15) is 0 Å². The molecule has 0 aliphatic heterocycles. The lowest BCUT2D eigenvalue weighted by molar-refractivity contribution is 0.170. The van der Waals surface area contributed by atoms with Crippen molar-refractivity contribution in [2.24, 2.45) is 11.8 Å². The number of fused-ring (bicyclic) bond motifs is 3. The molecule has 3 aliphatic rings. The van der Waals surface area contributed by atoms with E-state index in [2.05, 4.69) is 238 Å². The largest absolute Gasteiger partial charge is 0.311 e. The van der Waals surface area contributed by atoms with E-state index in [1.165, 1.54) is 124 Å². The first-order chi connectivity index (χ1) is 33.3. The number of anilines is 6. The topological polar surface area (TPSA) is 6.48 Å². The fraction of sp³-hybridized carbons (Fsp3) is 0.273. The lowest BCUT2D eigenvalue weighted by Crippen LogP contribution is -2.42. The van der Waals surface area contributed by atoms with Crippen LogP contribution in [0.4, 0.5) is 34.1 Å². The van der Waals surface area contributed by atoms with Crippen molar-refractivity contribution >= 4 is 34.1 Å². The van der Waals surface area contributed by atoms with Gasteiger partial charge in [0.15, 0.2) is 0 Å². The Balaban J connectivity index is 1.01. The minimum atomic E-state index is -0.153. The number of nitrogens with zero attached hydrogens (tertiary/aromatic N) is 2. The SMILES string of the molecule is CC(C)C1CCCCC1(c1ccc(N(c2ccccc2)c2ccccc2)cc1)c1ccc(N(c2ccc(C3CCCCC3)cc2)c2ccc3c(c2)C(C)(C)c2cccc(-c4ccccc4)c2-3)cc1. The summed E-state index contributed by atoms with van der Waals surface area (Å²) in [6.07, 6.45) is 11.5. The maximum absolute atomic E-state index is 2.52. The van der Waals surface area contributed by atoms with E-state index in [1.807, 2.05) is 0 Å². The molecule has 3 aliphatic carbocycles. The number of rotatable bonds is 11. The minimum absolute atomic E-state index is 0.0971. The zero-order valence-corrected chi connectivity index (χ0v) is 40.5. The summed E-state index contributed by atoms with van der Waals surface area (Å²) in [5.74, 6) is 1.73. The van der Waals surface area contributed by atoms with Crippen molar-refractivity contribution in [2.75, 3.05) is 9.80 Å². The molecule has 0 saturated heterocycles. The van der Waals surface area contributed by atoms with Gasteiger partial charge in [0.25, 0.3) is 0 Å². The zero-order valence-electron chi connectivity index (χ0n) is 40.5. The molecular formula is C66H66N2. The molecule has 0 amide bonds. The van der Waals surface area contributed by atoms with Gasteiger partial charge >= 0.3 is 0 Å². The molecule has 11 rings (SSSR count). The van der Waals surface area contributed by atoms with Gasteiger partial charge in [-0.3, -0.25) is 0 Å².